The van der Waals surface area contributed by atoms with Gasteiger partial charge in [0.15, 0.2) is 0 Å². The number of hydrogen-bond donors (Lipinski definition) is 1. The molecule has 0 aliphatic carbocycles. The van der Waals surface area contributed by atoms with Crippen LogP contribution in [0.3, 0.4) is 0 Å². The fourth-order valence-electron chi connectivity index (χ4n) is 1.97. The van der Waals surface area contributed by atoms with Crippen LogP contribution in [0.2, 0.25) is 0 Å². The average molecular weight is 241 g/mol. The molecular formula is C10H15N3O2S. The van der Waals surface area contributed by atoms with Crippen LogP contribution in [0.25, 0.3) is 0 Å². The van der Waals surface area contributed by atoms with Gasteiger partial charge in [0, 0.05) is 24.8 Å². The first-order chi connectivity index (χ1) is 7.56. The van der Waals surface area contributed by atoms with Gasteiger partial charge in [0.2, 0.25) is 10.0 Å². The van der Waals surface area contributed by atoms with E-state index >= 15 is 0 Å². The van der Waals surface area contributed by atoms with E-state index in [2.05, 4.69) is 9.88 Å². The van der Waals surface area contributed by atoms with Crippen LogP contribution in [0.4, 0.5) is 5.82 Å². The summed E-state index contributed by atoms with van der Waals surface area (Å²) in [6.07, 6.45) is 3.94. The molecule has 0 atom stereocenters. The Kier molecular flexibility index (Phi) is 3.11. The summed E-state index contributed by atoms with van der Waals surface area (Å²) in [5.41, 5.74) is 0.687. The lowest BCUT2D eigenvalue weighted by Gasteiger charge is -2.19. The highest BCUT2D eigenvalue weighted by Gasteiger charge is 2.18. The molecule has 2 rings (SSSR count). The molecule has 1 fully saturated rings. The summed E-state index contributed by atoms with van der Waals surface area (Å²) in [5, 5.41) is 5.06. The van der Waals surface area contributed by atoms with Crippen molar-refractivity contribution in [2.24, 2.45) is 5.14 Å². The first kappa shape index (κ1) is 11.3. The lowest BCUT2D eigenvalue weighted by molar-refractivity contribution is 0.597. The van der Waals surface area contributed by atoms with Gasteiger partial charge >= 0.3 is 0 Å². The zero-order valence-corrected chi connectivity index (χ0v) is 9.78. The van der Waals surface area contributed by atoms with Crippen molar-refractivity contribution in [2.75, 3.05) is 18.0 Å². The van der Waals surface area contributed by atoms with E-state index in [4.69, 9.17) is 5.14 Å². The average Bonchev–Trinajstić information content (AvgIpc) is 2.69. The molecule has 1 aromatic rings. The van der Waals surface area contributed by atoms with Crippen LogP contribution in [-0.4, -0.2) is 26.5 Å². The molecule has 1 saturated heterocycles. The van der Waals surface area contributed by atoms with Crippen molar-refractivity contribution in [1.29, 1.82) is 0 Å². The minimum absolute atomic E-state index is 0.146. The maximum atomic E-state index is 11.1. The number of sulfonamides is 1. The van der Waals surface area contributed by atoms with Gasteiger partial charge in [-0.1, -0.05) is 6.07 Å². The number of aromatic nitrogens is 1. The van der Waals surface area contributed by atoms with Crippen molar-refractivity contribution < 1.29 is 8.42 Å². The second kappa shape index (κ2) is 4.39. The molecular weight excluding hydrogens is 226 g/mol. The zero-order valence-electron chi connectivity index (χ0n) is 8.96. The Morgan fingerprint density at radius 3 is 2.69 bits per heavy atom. The van der Waals surface area contributed by atoms with Gasteiger partial charge in [-0.05, 0) is 18.9 Å². The van der Waals surface area contributed by atoms with E-state index in [0.29, 0.717) is 5.56 Å². The lowest BCUT2D eigenvalue weighted by Crippen LogP contribution is -2.23. The van der Waals surface area contributed by atoms with Gasteiger partial charge in [0.25, 0.3) is 0 Å². The smallest absolute Gasteiger partial charge is 0.213 e. The topological polar surface area (TPSA) is 76.3 Å². The van der Waals surface area contributed by atoms with Crippen molar-refractivity contribution in [3.05, 3.63) is 23.9 Å². The second-order valence-corrected chi connectivity index (χ2v) is 5.60. The lowest BCUT2D eigenvalue weighted by atomic mass is 10.3. The Morgan fingerprint density at radius 2 is 2.06 bits per heavy atom. The van der Waals surface area contributed by atoms with Crippen LogP contribution in [0, 0.1) is 0 Å². The molecule has 0 aromatic carbocycles. The number of nitrogens with two attached hydrogens (primary N) is 1. The van der Waals surface area contributed by atoms with E-state index in [0.717, 1.165) is 31.7 Å². The molecule has 0 unspecified atom stereocenters. The van der Waals surface area contributed by atoms with Crippen LogP contribution in [0.1, 0.15) is 18.4 Å². The summed E-state index contributed by atoms with van der Waals surface area (Å²) in [4.78, 5) is 6.36. The Hall–Kier alpha value is -1.14. The summed E-state index contributed by atoms with van der Waals surface area (Å²) in [5.74, 6) is 0.612. The first-order valence-corrected chi connectivity index (χ1v) is 6.97. The van der Waals surface area contributed by atoms with Crippen molar-refractivity contribution in [3.63, 3.8) is 0 Å². The Morgan fingerprint density at radius 1 is 1.38 bits per heavy atom. The molecule has 2 heterocycles. The van der Waals surface area contributed by atoms with E-state index in [1.807, 2.05) is 0 Å². The van der Waals surface area contributed by atoms with Crippen LogP contribution < -0.4 is 10.0 Å². The number of anilines is 1. The summed E-state index contributed by atoms with van der Waals surface area (Å²) < 4.78 is 22.2. The number of pyridine rings is 1. The number of hydrogen-bond acceptors (Lipinski definition) is 4. The summed E-state index contributed by atoms with van der Waals surface area (Å²) in [6.45, 7) is 1.88. The van der Waals surface area contributed by atoms with Crippen LogP contribution in [0.5, 0.6) is 0 Å². The second-order valence-electron chi connectivity index (χ2n) is 3.99. The molecule has 1 aliphatic heterocycles. The van der Waals surface area contributed by atoms with Crippen molar-refractivity contribution in [3.8, 4) is 0 Å². The predicted octanol–water partition coefficient (Wildman–Crippen LogP) is 0.470. The van der Waals surface area contributed by atoms with E-state index in [-0.39, 0.29) is 5.75 Å². The first-order valence-electron chi connectivity index (χ1n) is 5.25. The summed E-state index contributed by atoms with van der Waals surface area (Å²) >= 11 is 0. The third-order valence-electron chi connectivity index (χ3n) is 2.63. The van der Waals surface area contributed by atoms with Crippen LogP contribution in [-0.2, 0) is 15.8 Å². The third-order valence-corrected chi connectivity index (χ3v) is 3.34. The number of rotatable bonds is 3. The molecule has 0 amide bonds. The Bertz CT molecular complexity index is 467. The highest BCUT2D eigenvalue weighted by atomic mass is 32.2. The molecule has 6 heteroatoms. The molecule has 0 spiro atoms. The fourth-order valence-corrected chi connectivity index (χ4v) is 2.63. The molecule has 16 heavy (non-hydrogen) atoms. The molecule has 0 bridgehead atoms. The molecule has 88 valence electrons. The van der Waals surface area contributed by atoms with Gasteiger partial charge in [-0.15, -0.1) is 0 Å². The Balaban J connectivity index is 2.30. The fraction of sp³-hybridized carbons (Fsp3) is 0.500. The molecule has 1 aliphatic rings. The third kappa shape index (κ3) is 2.70. The van der Waals surface area contributed by atoms with Gasteiger partial charge in [-0.3, -0.25) is 0 Å². The van der Waals surface area contributed by atoms with Gasteiger partial charge in [-0.25, -0.2) is 18.5 Å². The number of primary sulfonamides is 1. The van der Waals surface area contributed by atoms with Crippen LogP contribution >= 0.6 is 0 Å². The standard InChI is InChI=1S/C10H15N3O2S/c11-16(14,15)8-9-4-3-5-12-10(9)13-6-1-2-7-13/h3-5H,1-2,6-8H2,(H2,11,14,15). The maximum absolute atomic E-state index is 11.1. The molecule has 0 saturated carbocycles. The predicted molar refractivity (Wildman–Crippen MR) is 62.5 cm³/mol. The van der Waals surface area contributed by atoms with Crippen molar-refractivity contribution in [1.82, 2.24) is 4.98 Å². The SMILES string of the molecule is NS(=O)(=O)Cc1cccnc1N1CCCC1. The normalized spacial score (nSPS) is 16.7. The molecule has 5 nitrogen and oxygen atoms in total. The summed E-state index contributed by atoms with van der Waals surface area (Å²) in [6, 6.07) is 3.51. The van der Waals surface area contributed by atoms with E-state index < -0.39 is 10.0 Å². The highest BCUT2D eigenvalue weighted by molar-refractivity contribution is 7.88. The number of nitrogens with zero attached hydrogens (tertiary/aromatic N) is 2. The minimum Gasteiger partial charge on any atom is -0.356 e. The molecule has 0 radical (unpaired) electrons. The highest BCUT2D eigenvalue weighted by Crippen LogP contribution is 2.22. The minimum atomic E-state index is -3.50. The monoisotopic (exact) mass is 241 g/mol. The van der Waals surface area contributed by atoms with Crippen molar-refractivity contribution >= 4 is 15.8 Å². The zero-order chi connectivity index (χ0) is 11.6. The van der Waals surface area contributed by atoms with E-state index in [1.54, 1.807) is 18.3 Å². The Labute approximate surface area is 95.3 Å². The largest absolute Gasteiger partial charge is 0.356 e. The van der Waals surface area contributed by atoms with E-state index in [1.165, 1.54) is 0 Å². The van der Waals surface area contributed by atoms with Gasteiger partial charge < -0.3 is 4.90 Å². The van der Waals surface area contributed by atoms with E-state index in [9.17, 15) is 8.42 Å². The van der Waals surface area contributed by atoms with Gasteiger partial charge in [0.1, 0.15) is 5.82 Å². The van der Waals surface area contributed by atoms with Crippen LogP contribution in [0.15, 0.2) is 18.3 Å². The van der Waals surface area contributed by atoms with Gasteiger partial charge in [0.05, 0.1) is 5.75 Å². The van der Waals surface area contributed by atoms with Gasteiger partial charge in [-0.2, -0.15) is 0 Å². The molecule has 2 N–H and O–H groups in total. The quantitative estimate of drug-likeness (QED) is 0.834. The summed E-state index contributed by atoms with van der Waals surface area (Å²) in [7, 11) is -3.50. The van der Waals surface area contributed by atoms with Crippen molar-refractivity contribution in [2.45, 2.75) is 18.6 Å². The molecule has 1 aromatic heterocycles. The maximum Gasteiger partial charge on any atom is 0.213 e.